The standard InChI is InChI=1S/C20H25N5O2/c1-24(2)19(16-10-11-17(26-3)18(14-16)27-4)20-21-22-23-25(20)13-12-15-8-6-5-7-9-15/h5-11,14,19H,12-13H2,1-4H3/t19-/m0/s1. The second-order valence-corrected chi connectivity index (χ2v) is 6.48. The third-order valence-electron chi connectivity index (χ3n) is 4.50. The number of hydrogen-bond acceptors (Lipinski definition) is 6. The van der Waals surface area contributed by atoms with Crippen molar-refractivity contribution in [2.24, 2.45) is 0 Å². The molecule has 7 nitrogen and oxygen atoms in total. The molecular formula is C20H25N5O2. The van der Waals surface area contributed by atoms with Crippen molar-refractivity contribution in [3.05, 3.63) is 65.5 Å². The summed E-state index contributed by atoms with van der Waals surface area (Å²) >= 11 is 0. The Morgan fingerprint density at radius 3 is 2.41 bits per heavy atom. The number of ether oxygens (including phenoxy) is 2. The van der Waals surface area contributed by atoms with Crippen LogP contribution in [0, 0.1) is 0 Å². The molecule has 3 rings (SSSR count). The van der Waals surface area contributed by atoms with Crippen molar-refractivity contribution in [3.8, 4) is 11.5 Å². The molecule has 0 fully saturated rings. The first-order valence-electron chi connectivity index (χ1n) is 8.82. The Morgan fingerprint density at radius 2 is 1.74 bits per heavy atom. The first kappa shape index (κ1) is 18.8. The molecule has 142 valence electrons. The molecule has 7 heteroatoms. The van der Waals surface area contributed by atoms with Crippen molar-refractivity contribution >= 4 is 0 Å². The van der Waals surface area contributed by atoms with Gasteiger partial charge in [0.05, 0.1) is 20.3 Å². The van der Waals surface area contributed by atoms with Gasteiger partial charge in [-0.05, 0) is 54.2 Å². The molecule has 0 N–H and O–H groups in total. The fraction of sp³-hybridized carbons (Fsp3) is 0.350. The highest BCUT2D eigenvalue weighted by Gasteiger charge is 2.24. The van der Waals surface area contributed by atoms with Gasteiger partial charge in [-0.2, -0.15) is 0 Å². The molecular weight excluding hydrogens is 342 g/mol. The van der Waals surface area contributed by atoms with Crippen molar-refractivity contribution in [1.29, 1.82) is 0 Å². The van der Waals surface area contributed by atoms with Crippen LogP contribution in [0.5, 0.6) is 11.5 Å². The summed E-state index contributed by atoms with van der Waals surface area (Å²) in [5.74, 6) is 2.18. The molecule has 0 aliphatic heterocycles. The lowest BCUT2D eigenvalue weighted by Gasteiger charge is -2.24. The maximum atomic E-state index is 5.46. The van der Waals surface area contributed by atoms with Crippen molar-refractivity contribution < 1.29 is 9.47 Å². The summed E-state index contributed by atoms with van der Waals surface area (Å²) in [6.45, 7) is 0.712. The molecule has 2 aromatic carbocycles. The van der Waals surface area contributed by atoms with Gasteiger partial charge in [0.15, 0.2) is 17.3 Å². The van der Waals surface area contributed by atoms with Gasteiger partial charge >= 0.3 is 0 Å². The third kappa shape index (κ3) is 4.25. The highest BCUT2D eigenvalue weighted by atomic mass is 16.5. The number of rotatable bonds is 8. The number of hydrogen-bond donors (Lipinski definition) is 0. The molecule has 27 heavy (non-hydrogen) atoms. The molecule has 0 bridgehead atoms. The summed E-state index contributed by atoms with van der Waals surface area (Å²) in [7, 11) is 7.29. The lowest BCUT2D eigenvalue weighted by Crippen LogP contribution is -2.25. The monoisotopic (exact) mass is 367 g/mol. The van der Waals surface area contributed by atoms with Crippen molar-refractivity contribution in [2.45, 2.75) is 19.0 Å². The van der Waals surface area contributed by atoms with E-state index in [1.165, 1.54) is 5.56 Å². The largest absolute Gasteiger partial charge is 0.493 e. The Bertz CT molecular complexity index is 864. The highest BCUT2D eigenvalue weighted by molar-refractivity contribution is 5.44. The van der Waals surface area contributed by atoms with Crippen LogP contribution in [-0.4, -0.2) is 53.4 Å². The molecule has 0 aliphatic rings. The van der Waals surface area contributed by atoms with Gasteiger partial charge in [0, 0.05) is 6.54 Å². The normalized spacial score (nSPS) is 12.2. The number of nitrogens with zero attached hydrogens (tertiary/aromatic N) is 5. The van der Waals surface area contributed by atoms with Crippen LogP contribution in [0.3, 0.4) is 0 Å². The van der Waals surface area contributed by atoms with Crippen LogP contribution >= 0.6 is 0 Å². The molecule has 0 spiro atoms. The Morgan fingerprint density at radius 1 is 1.00 bits per heavy atom. The minimum atomic E-state index is -0.101. The molecule has 0 saturated carbocycles. The van der Waals surface area contributed by atoms with Crippen LogP contribution < -0.4 is 9.47 Å². The van der Waals surface area contributed by atoms with E-state index in [0.717, 1.165) is 17.8 Å². The van der Waals surface area contributed by atoms with Crippen LogP contribution in [0.4, 0.5) is 0 Å². The molecule has 0 aliphatic carbocycles. The molecule has 3 aromatic rings. The van der Waals surface area contributed by atoms with E-state index in [2.05, 4.69) is 32.6 Å². The first-order valence-corrected chi connectivity index (χ1v) is 8.82. The van der Waals surface area contributed by atoms with E-state index in [1.54, 1.807) is 14.2 Å². The average molecular weight is 367 g/mol. The molecule has 1 aromatic heterocycles. The molecule has 1 atom stereocenters. The topological polar surface area (TPSA) is 65.3 Å². The summed E-state index contributed by atoms with van der Waals surface area (Å²) in [5, 5.41) is 12.4. The Kier molecular flexibility index (Phi) is 6.03. The van der Waals surface area contributed by atoms with Crippen molar-refractivity contribution in [2.75, 3.05) is 28.3 Å². The van der Waals surface area contributed by atoms with E-state index in [1.807, 2.05) is 55.2 Å². The third-order valence-corrected chi connectivity index (χ3v) is 4.50. The molecule has 0 amide bonds. The van der Waals surface area contributed by atoms with Crippen LogP contribution in [0.2, 0.25) is 0 Å². The van der Waals surface area contributed by atoms with E-state index < -0.39 is 0 Å². The van der Waals surface area contributed by atoms with Gasteiger partial charge in [0.1, 0.15) is 0 Å². The van der Waals surface area contributed by atoms with Gasteiger partial charge in [-0.25, -0.2) is 4.68 Å². The first-order chi connectivity index (χ1) is 13.1. The predicted molar refractivity (Wildman–Crippen MR) is 103 cm³/mol. The highest BCUT2D eigenvalue weighted by Crippen LogP contribution is 2.33. The second kappa shape index (κ2) is 8.64. The number of tetrazole rings is 1. The summed E-state index contributed by atoms with van der Waals surface area (Å²) in [5.41, 5.74) is 2.29. The van der Waals surface area contributed by atoms with Gasteiger partial charge in [-0.15, -0.1) is 5.10 Å². The average Bonchev–Trinajstić information content (AvgIpc) is 3.15. The minimum absolute atomic E-state index is 0.101. The number of benzene rings is 2. The van der Waals surface area contributed by atoms with Crippen LogP contribution in [0.25, 0.3) is 0 Å². The van der Waals surface area contributed by atoms with Crippen LogP contribution in [-0.2, 0) is 13.0 Å². The van der Waals surface area contributed by atoms with Gasteiger partial charge in [0.2, 0.25) is 0 Å². The van der Waals surface area contributed by atoms with Crippen molar-refractivity contribution in [1.82, 2.24) is 25.1 Å². The fourth-order valence-electron chi connectivity index (χ4n) is 3.15. The number of methoxy groups -OCH3 is 2. The SMILES string of the molecule is COc1ccc([C@@H](c2nnnn2CCc2ccccc2)N(C)C)cc1OC. The lowest BCUT2D eigenvalue weighted by atomic mass is 10.0. The molecule has 0 saturated heterocycles. The van der Waals surface area contributed by atoms with E-state index in [0.29, 0.717) is 18.0 Å². The van der Waals surface area contributed by atoms with Crippen molar-refractivity contribution in [3.63, 3.8) is 0 Å². The Hall–Kier alpha value is -2.93. The number of aromatic nitrogens is 4. The zero-order chi connectivity index (χ0) is 19.2. The maximum Gasteiger partial charge on any atom is 0.173 e. The van der Waals surface area contributed by atoms with E-state index in [-0.39, 0.29) is 6.04 Å². The van der Waals surface area contributed by atoms with E-state index >= 15 is 0 Å². The van der Waals surface area contributed by atoms with Gasteiger partial charge in [-0.3, -0.25) is 4.90 Å². The molecule has 0 radical (unpaired) electrons. The van der Waals surface area contributed by atoms with E-state index in [9.17, 15) is 0 Å². The maximum absolute atomic E-state index is 5.46. The van der Waals surface area contributed by atoms with Gasteiger partial charge in [0.25, 0.3) is 0 Å². The second-order valence-electron chi connectivity index (χ2n) is 6.48. The molecule has 1 heterocycles. The zero-order valence-corrected chi connectivity index (χ0v) is 16.2. The van der Waals surface area contributed by atoms with Crippen LogP contribution in [0.15, 0.2) is 48.5 Å². The summed E-state index contributed by atoms with van der Waals surface area (Å²) in [6.07, 6.45) is 0.866. The summed E-state index contributed by atoms with van der Waals surface area (Å²) in [4.78, 5) is 2.09. The van der Waals surface area contributed by atoms with Gasteiger partial charge < -0.3 is 9.47 Å². The Labute approximate surface area is 159 Å². The minimum Gasteiger partial charge on any atom is -0.493 e. The zero-order valence-electron chi connectivity index (χ0n) is 16.2. The van der Waals surface area contributed by atoms with E-state index in [4.69, 9.17) is 9.47 Å². The molecule has 0 unspecified atom stereocenters. The van der Waals surface area contributed by atoms with Crippen LogP contribution in [0.1, 0.15) is 23.0 Å². The summed E-state index contributed by atoms with van der Waals surface area (Å²) in [6, 6.07) is 16.1. The lowest BCUT2D eigenvalue weighted by molar-refractivity contribution is 0.313. The summed E-state index contributed by atoms with van der Waals surface area (Å²) < 4.78 is 12.7. The Balaban J connectivity index is 1.89. The predicted octanol–water partition coefficient (Wildman–Crippen LogP) is 2.58. The van der Waals surface area contributed by atoms with Gasteiger partial charge in [-0.1, -0.05) is 36.4 Å². The fourth-order valence-corrected chi connectivity index (χ4v) is 3.15. The quantitative estimate of drug-likeness (QED) is 0.610. The number of aryl methyl sites for hydroxylation is 2. The smallest absolute Gasteiger partial charge is 0.173 e.